The smallest absolute Gasteiger partial charge is 0.180 e. The van der Waals surface area contributed by atoms with Gasteiger partial charge >= 0.3 is 0 Å². The van der Waals surface area contributed by atoms with Crippen molar-refractivity contribution in [3.63, 3.8) is 0 Å². The van der Waals surface area contributed by atoms with Crippen LogP contribution in [0.5, 0.6) is 0 Å². The predicted molar refractivity (Wildman–Crippen MR) is 80.0 cm³/mol. The highest BCUT2D eigenvalue weighted by Crippen LogP contribution is 2.21. The minimum atomic E-state index is 0.535. The number of likely N-dealkylation sites (tertiary alicyclic amines) is 1. The lowest BCUT2D eigenvalue weighted by atomic mass is 10.0. The van der Waals surface area contributed by atoms with Crippen LogP contribution in [0.4, 0.5) is 5.82 Å². The first kappa shape index (κ1) is 14.0. The molecule has 0 aromatic carbocycles. The Morgan fingerprint density at radius 3 is 2.76 bits per heavy atom. The number of anilines is 1. The van der Waals surface area contributed by atoms with Crippen LogP contribution >= 0.6 is 0 Å². The van der Waals surface area contributed by atoms with Gasteiger partial charge in [-0.15, -0.1) is 0 Å². The Labute approximate surface area is 124 Å². The molecule has 1 aliphatic heterocycles. The third-order valence-corrected chi connectivity index (χ3v) is 4.12. The number of rotatable bonds is 4. The molecule has 1 fully saturated rings. The van der Waals surface area contributed by atoms with E-state index in [1.165, 1.54) is 6.39 Å². The van der Waals surface area contributed by atoms with Gasteiger partial charge in [0.2, 0.25) is 0 Å². The van der Waals surface area contributed by atoms with Crippen molar-refractivity contribution >= 4 is 5.82 Å². The quantitative estimate of drug-likeness (QED) is 0.855. The summed E-state index contributed by atoms with van der Waals surface area (Å²) in [4.78, 5) is 17.4. The molecule has 2 aromatic rings. The third kappa shape index (κ3) is 3.39. The molecule has 6 heteroatoms. The number of hydrogen-bond donors (Lipinski definition) is 0. The van der Waals surface area contributed by atoms with E-state index in [-0.39, 0.29) is 0 Å². The minimum absolute atomic E-state index is 0.535. The van der Waals surface area contributed by atoms with E-state index >= 15 is 0 Å². The monoisotopic (exact) mass is 287 g/mol. The molecule has 112 valence electrons. The molecule has 3 rings (SSSR count). The first-order chi connectivity index (χ1) is 10.2. The maximum absolute atomic E-state index is 5.02. The van der Waals surface area contributed by atoms with E-state index in [0.717, 1.165) is 49.7 Å². The largest absolute Gasteiger partial charge is 0.451 e. The lowest BCUT2D eigenvalue weighted by Gasteiger charge is -2.37. The Morgan fingerprint density at radius 1 is 1.29 bits per heavy atom. The van der Waals surface area contributed by atoms with E-state index in [0.29, 0.717) is 6.04 Å². The Balaban J connectivity index is 1.55. The average molecular weight is 287 g/mol. The molecule has 0 amide bonds. The standard InChI is InChI=1S/C15H21N5O/c1-12-7-15(17-10-16-12)19(2)14-3-5-20(6-4-14)8-13-9-21-11-18-13/h7,9-11,14H,3-6,8H2,1-2H3. The van der Waals surface area contributed by atoms with Gasteiger partial charge in [-0.05, 0) is 19.8 Å². The van der Waals surface area contributed by atoms with Crippen LogP contribution in [0.2, 0.25) is 0 Å². The third-order valence-electron chi connectivity index (χ3n) is 4.12. The molecule has 3 heterocycles. The number of piperidine rings is 1. The van der Waals surface area contributed by atoms with Crippen molar-refractivity contribution in [2.45, 2.75) is 32.4 Å². The molecule has 0 bridgehead atoms. The van der Waals surface area contributed by atoms with Gasteiger partial charge in [0.15, 0.2) is 6.39 Å². The van der Waals surface area contributed by atoms with Crippen LogP contribution in [0.25, 0.3) is 0 Å². The van der Waals surface area contributed by atoms with Crippen LogP contribution < -0.4 is 4.90 Å². The molecule has 0 N–H and O–H groups in total. The highest BCUT2D eigenvalue weighted by Gasteiger charge is 2.23. The van der Waals surface area contributed by atoms with Crippen LogP contribution in [0.1, 0.15) is 24.2 Å². The summed E-state index contributed by atoms with van der Waals surface area (Å²) < 4.78 is 5.02. The van der Waals surface area contributed by atoms with Crippen LogP contribution in [0.3, 0.4) is 0 Å². The summed E-state index contributed by atoms with van der Waals surface area (Å²) in [7, 11) is 2.12. The fourth-order valence-corrected chi connectivity index (χ4v) is 2.83. The van der Waals surface area contributed by atoms with Crippen LogP contribution in [-0.4, -0.2) is 46.0 Å². The normalized spacial score (nSPS) is 17.0. The van der Waals surface area contributed by atoms with Gasteiger partial charge in [0.25, 0.3) is 0 Å². The fourth-order valence-electron chi connectivity index (χ4n) is 2.83. The summed E-state index contributed by atoms with van der Waals surface area (Å²) in [5.41, 5.74) is 2.02. The average Bonchev–Trinajstić information content (AvgIpc) is 3.00. The van der Waals surface area contributed by atoms with E-state index in [9.17, 15) is 0 Å². The fraction of sp³-hybridized carbons (Fsp3) is 0.533. The molecule has 1 saturated heterocycles. The van der Waals surface area contributed by atoms with Crippen LogP contribution in [0.15, 0.2) is 29.5 Å². The molecular weight excluding hydrogens is 266 g/mol. The molecule has 0 atom stereocenters. The van der Waals surface area contributed by atoms with Gasteiger partial charge in [-0.2, -0.15) is 0 Å². The van der Waals surface area contributed by atoms with Gasteiger partial charge in [-0.1, -0.05) is 0 Å². The summed E-state index contributed by atoms with van der Waals surface area (Å²) in [6, 6.07) is 2.58. The molecular formula is C15H21N5O. The molecule has 0 saturated carbocycles. The van der Waals surface area contributed by atoms with E-state index in [1.807, 2.05) is 13.0 Å². The molecule has 2 aromatic heterocycles. The number of oxazole rings is 1. The molecule has 0 aliphatic carbocycles. The van der Waals surface area contributed by atoms with E-state index in [1.54, 1.807) is 12.6 Å². The summed E-state index contributed by atoms with van der Waals surface area (Å²) in [5.74, 6) is 1.01. The number of nitrogens with zero attached hydrogens (tertiary/aromatic N) is 5. The predicted octanol–water partition coefficient (Wildman–Crippen LogP) is 1.87. The molecule has 1 aliphatic rings. The zero-order valence-electron chi connectivity index (χ0n) is 12.6. The number of aryl methyl sites for hydroxylation is 1. The van der Waals surface area contributed by atoms with Crippen LogP contribution in [-0.2, 0) is 6.54 Å². The summed E-state index contributed by atoms with van der Waals surface area (Å²) in [6.07, 6.45) is 7.13. The lowest BCUT2D eigenvalue weighted by Crippen LogP contribution is -2.43. The van der Waals surface area contributed by atoms with Crippen molar-refractivity contribution in [1.29, 1.82) is 0 Å². The molecule has 6 nitrogen and oxygen atoms in total. The summed E-state index contributed by atoms with van der Waals surface area (Å²) in [6.45, 7) is 5.02. The molecule has 0 spiro atoms. The summed E-state index contributed by atoms with van der Waals surface area (Å²) >= 11 is 0. The van der Waals surface area contributed by atoms with Gasteiger partial charge < -0.3 is 9.32 Å². The van der Waals surface area contributed by atoms with Gasteiger partial charge in [-0.25, -0.2) is 15.0 Å². The molecule has 0 radical (unpaired) electrons. The highest BCUT2D eigenvalue weighted by molar-refractivity contribution is 5.39. The first-order valence-electron chi connectivity index (χ1n) is 7.33. The van der Waals surface area contributed by atoms with Crippen molar-refractivity contribution in [2.24, 2.45) is 0 Å². The first-order valence-corrected chi connectivity index (χ1v) is 7.33. The maximum atomic E-state index is 5.02. The Kier molecular flexibility index (Phi) is 4.15. The number of hydrogen-bond acceptors (Lipinski definition) is 6. The molecule has 0 unspecified atom stereocenters. The topological polar surface area (TPSA) is 58.3 Å². The van der Waals surface area contributed by atoms with Crippen molar-refractivity contribution < 1.29 is 4.42 Å². The van der Waals surface area contributed by atoms with E-state index in [4.69, 9.17) is 4.42 Å². The van der Waals surface area contributed by atoms with Crippen molar-refractivity contribution in [3.05, 3.63) is 36.4 Å². The van der Waals surface area contributed by atoms with Crippen LogP contribution in [0, 0.1) is 6.92 Å². The Hall–Kier alpha value is -1.95. The second-order valence-corrected chi connectivity index (χ2v) is 5.62. The van der Waals surface area contributed by atoms with Gasteiger partial charge in [0.05, 0.1) is 5.69 Å². The SMILES string of the molecule is Cc1cc(N(C)C2CCN(Cc3cocn3)CC2)ncn1. The zero-order chi connectivity index (χ0) is 14.7. The van der Waals surface area contributed by atoms with Crippen molar-refractivity contribution in [1.82, 2.24) is 19.9 Å². The summed E-state index contributed by atoms with van der Waals surface area (Å²) in [5, 5.41) is 0. The maximum Gasteiger partial charge on any atom is 0.180 e. The highest BCUT2D eigenvalue weighted by atomic mass is 16.3. The van der Waals surface area contributed by atoms with Crippen molar-refractivity contribution in [2.75, 3.05) is 25.0 Å². The number of aromatic nitrogens is 3. The second-order valence-electron chi connectivity index (χ2n) is 5.62. The van der Waals surface area contributed by atoms with Gasteiger partial charge in [0, 0.05) is 44.5 Å². The minimum Gasteiger partial charge on any atom is -0.451 e. The van der Waals surface area contributed by atoms with Crippen molar-refractivity contribution in [3.8, 4) is 0 Å². The Bertz CT molecular complexity index is 563. The van der Waals surface area contributed by atoms with Gasteiger partial charge in [-0.3, -0.25) is 4.90 Å². The second kappa shape index (κ2) is 6.22. The lowest BCUT2D eigenvalue weighted by molar-refractivity contribution is 0.201. The van der Waals surface area contributed by atoms with E-state index < -0.39 is 0 Å². The van der Waals surface area contributed by atoms with E-state index in [2.05, 4.69) is 31.8 Å². The molecule has 21 heavy (non-hydrogen) atoms. The zero-order valence-corrected chi connectivity index (χ0v) is 12.6. The van der Waals surface area contributed by atoms with Gasteiger partial charge in [0.1, 0.15) is 18.4 Å². The Morgan fingerprint density at radius 2 is 2.10 bits per heavy atom.